The zero-order valence-corrected chi connectivity index (χ0v) is 32.2. The van der Waals surface area contributed by atoms with Gasteiger partial charge in [0.25, 0.3) is 13.4 Å². The van der Waals surface area contributed by atoms with Gasteiger partial charge in [0.1, 0.15) is 11.2 Å². The largest absolute Gasteiger partial charge is 0.471 e. The summed E-state index contributed by atoms with van der Waals surface area (Å²) < 4.78 is 20.9. The maximum absolute atomic E-state index is 7.34. The number of nitrogens with zero attached hydrogens (tertiary/aromatic N) is 1. The lowest BCUT2D eigenvalue weighted by molar-refractivity contribution is 0.477. The Morgan fingerprint density at radius 2 is 1.02 bits per heavy atom. The molecule has 0 fully saturated rings. The van der Waals surface area contributed by atoms with Crippen LogP contribution in [0.1, 0.15) is 11.1 Å². The smallest absolute Gasteiger partial charge is 0.290 e. The highest BCUT2D eigenvalue weighted by Crippen LogP contribution is 2.50. The van der Waals surface area contributed by atoms with Crippen molar-refractivity contribution < 1.29 is 13.6 Å². The summed E-state index contributed by atoms with van der Waals surface area (Å²) >= 11 is 0. The predicted molar refractivity (Wildman–Crippen MR) is 251 cm³/mol. The summed E-state index contributed by atoms with van der Waals surface area (Å²) in [5.74, 6) is 1.67. The van der Waals surface area contributed by atoms with E-state index >= 15 is 0 Å². The number of rotatable bonds is 3. The summed E-state index contributed by atoms with van der Waals surface area (Å²) in [7, 11) is 0. The summed E-state index contributed by atoms with van der Waals surface area (Å²) in [4.78, 5) is 2.29. The summed E-state index contributed by atoms with van der Waals surface area (Å²) in [6.45, 7) is -0.423. The fraction of sp³-hybridized carbons (Fsp3) is 0. The average Bonchev–Trinajstić information content (AvgIpc) is 4.01. The number of para-hydroxylation sites is 5. The highest BCUT2D eigenvalue weighted by molar-refractivity contribution is 7.12. The quantitative estimate of drug-likeness (QED) is 0.133. The Morgan fingerprint density at radius 1 is 0.400 bits per heavy atom. The van der Waals surface area contributed by atoms with Gasteiger partial charge in [-0.2, -0.15) is 0 Å². The van der Waals surface area contributed by atoms with Crippen molar-refractivity contribution in [3.63, 3.8) is 0 Å². The van der Waals surface area contributed by atoms with Gasteiger partial charge in [-0.05, 0) is 115 Å². The number of fused-ring (bicyclic) bond motifs is 11. The molecule has 4 nitrogen and oxygen atoms in total. The molecule has 276 valence electrons. The standard InChI is InChI=1S/C54H31B2NO3/c1-2-11-34-29-37-30-39(23-22-35(37)28-33(34)10-1)56-52-50-42-14-9-12-32-20-21-36(49(32)42)31-48(50)60-54(52)55(51-41-13-3-6-17-45(41)59-53(51)56)38-24-26-40(27-25-38)57-43-15-4-7-18-46(43)58-47-19-8-5-16-44(47)57/h1-31H. The first-order chi connectivity index (χ1) is 29.7. The van der Waals surface area contributed by atoms with Crippen molar-refractivity contribution in [3.05, 3.63) is 187 Å². The van der Waals surface area contributed by atoms with Crippen LogP contribution in [0.4, 0.5) is 17.1 Å². The molecule has 0 N–H and O–H groups in total. The Hall–Kier alpha value is -7.69. The molecule has 0 spiro atoms. The molecule has 6 heteroatoms. The molecule has 3 aliphatic rings. The van der Waals surface area contributed by atoms with Crippen LogP contribution in [0.5, 0.6) is 11.5 Å². The maximum atomic E-state index is 7.34. The Morgan fingerprint density at radius 3 is 1.83 bits per heavy atom. The molecule has 0 bridgehead atoms. The van der Waals surface area contributed by atoms with Gasteiger partial charge in [-0.3, -0.25) is 0 Å². The molecule has 0 atom stereocenters. The maximum Gasteiger partial charge on any atom is 0.290 e. The molecule has 0 amide bonds. The van der Waals surface area contributed by atoms with Gasteiger partial charge in [-0.1, -0.05) is 138 Å². The van der Waals surface area contributed by atoms with E-state index < -0.39 is 0 Å². The normalized spacial score (nSPS) is 13.6. The fourth-order valence-electron chi connectivity index (χ4n) is 10.6. The van der Waals surface area contributed by atoms with Gasteiger partial charge >= 0.3 is 0 Å². The zero-order chi connectivity index (χ0) is 39.1. The SMILES string of the molecule is C1=Cc2cc3oc4c(c3c3cccc1c23)B(c1ccc2cc3ccccc3cc2c1)c1oc2ccccc2c1B4c1ccc(N2c3ccccc3Oc3ccccc32)cc1. The van der Waals surface area contributed by atoms with E-state index in [-0.39, 0.29) is 13.4 Å². The van der Waals surface area contributed by atoms with Crippen molar-refractivity contribution in [1.82, 2.24) is 0 Å². The number of hydrogen-bond donors (Lipinski definition) is 0. The van der Waals surface area contributed by atoms with Crippen molar-refractivity contribution in [3.8, 4) is 11.5 Å². The lowest BCUT2D eigenvalue weighted by Crippen LogP contribution is -2.73. The second kappa shape index (κ2) is 11.9. The Balaban J connectivity index is 1.03. The van der Waals surface area contributed by atoms with Crippen LogP contribution in [0.2, 0.25) is 0 Å². The van der Waals surface area contributed by atoms with Crippen LogP contribution in [0.15, 0.2) is 185 Å². The van der Waals surface area contributed by atoms with Crippen LogP contribution in [0, 0.1) is 0 Å². The molecular formula is C54H31B2NO3. The second-order valence-electron chi connectivity index (χ2n) is 16.3. The van der Waals surface area contributed by atoms with E-state index in [0.717, 1.165) is 72.7 Å². The summed E-state index contributed by atoms with van der Waals surface area (Å²) in [5.41, 5.74) is 13.9. The molecule has 0 saturated heterocycles. The molecule has 0 saturated carbocycles. The van der Waals surface area contributed by atoms with Gasteiger partial charge in [0, 0.05) is 16.5 Å². The average molecular weight is 763 g/mol. The van der Waals surface area contributed by atoms with Crippen molar-refractivity contribution in [1.29, 1.82) is 0 Å². The van der Waals surface area contributed by atoms with Crippen LogP contribution in [-0.4, -0.2) is 13.4 Å². The van der Waals surface area contributed by atoms with Crippen LogP contribution in [-0.2, 0) is 0 Å². The highest BCUT2D eigenvalue weighted by atomic mass is 16.5. The molecule has 4 heterocycles. The molecule has 0 unspecified atom stereocenters. The number of furan rings is 2. The topological polar surface area (TPSA) is 38.8 Å². The summed E-state index contributed by atoms with van der Waals surface area (Å²) in [5, 5.41) is 9.66. The molecule has 0 radical (unpaired) electrons. The molecule has 11 aromatic rings. The summed E-state index contributed by atoms with van der Waals surface area (Å²) in [6.07, 6.45) is 4.45. The molecule has 9 aromatic carbocycles. The van der Waals surface area contributed by atoms with E-state index in [2.05, 4.69) is 169 Å². The van der Waals surface area contributed by atoms with Crippen molar-refractivity contribution in [2.75, 3.05) is 4.90 Å². The van der Waals surface area contributed by atoms with Gasteiger partial charge < -0.3 is 18.5 Å². The van der Waals surface area contributed by atoms with E-state index in [1.807, 2.05) is 24.3 Å². The van der Waals surface area contributed by atoms with E-state index in [4.69, 9.17) is 13.6 Å². The van der Waals surface area contributed by atoms with Gasteiger partial charge in [-0.25, -0.2) is 0 Å². The molecular weight excluding hydrogens is 732 g/mol. The fourth-order valence-corrected chi connectivity index (χ4v) is 10.6. The van der Waals surface area contributed by atoms with Gasteiger partial charge in [0.15, 0.2) is 11.5 Å². The number of anilines is 3. The second-order valence-corrected chi connectivity index (χ2v) is 16.3. The third-order valence-corrected chi connectivity index (χ3v) is 13.1. The molecule has 2 aliphatic heterocycles. The Bertz CT molecular complexity index is 3630. The first-order valence-corrected chi connectivity index (χ1v) is 20.6. The minimum atomic E-state index is -0.217. The van der Waals surface area contributed by atoms with Gasteiger partial charge in [0.05, 0.1) is 22.7 Å². The van der Waals surface area contributed by atoms with E-state index in [1.54, 1.807) is 0 Å². The molecule has 1 aliphatic carbocycles. The van der Waals surface area contributed by atoms with Crippen LogP contribution in [0.25, 0.3) is 66.4 Å². The van der Waals surface area contributed by atoms with Gasteiger partial charge in [-0.15, -0.1) is 0 Å². The van der Waals surface area contributed by atoms with E-state index in [9.17, 15) is 0 Å². The monoisotopic (exact) mass is 763 g/mol. The van der Waals surface area contributed by atoms with Gasteiger partial charge in [0.2, 0.25) is 0 Å². The zero-order valence-electron chi connectivity index (χ0n) is 32.2. The predicted octanol–water partition coefficient (Wildman–Crippen LogP) is 10.0. The molecule has 2 aromatic heterocycles. The lowest BCUT2D eigenvalue weighted by Gasteiger charge is -2.33. The highest BCUT2D eigenvalue weighted by Gasteiger charge is 2.47. The van der Waals surface area contributed by atoms with E-state index in [1.165, 1.54) is 54.4 Å². The van der Waals surface area contributed by atoms with Crippen molar-refractivity contribution >= 4 is 130 Å². The van der Waals surface area contributed by atoms with Crippen molar-refractivity contribution in [2.45, 2.75) is 0 Å². The number of benzene rings is 9. The molecule has 14 rings (SSSR count). The minimum absolute atomic E-state index is 0.206. The lowest BCUT2D eigenvalue weighted by atomic mass is 9.24. The van der Waals surface area contributed by atoms with Crippen LogP contribution in [0.3, 0.4) is 0 Å². The summed E-state index contributed by atoms with van der Waals surface area (Å²) in [6, 6.07) is 63.1. The first-order valence-electron chi connectivity index (χ1n) is 20.6. The Labute approximate surface area is 345 Å². The third-order valence-electron chi connectivity index (χ3n) is 13.1. The first kappa shape index (κ1) is 32.3. The number of hydrogen-bond acceptors (Lipinski definition) is 4. The minimum Gasteiger partial charge on any atom is -0.471 e. The van der Waals surface area contributed by atoms with Crippen LogP contribution >= 0.6 is 0 Å². The molecule has 60 heavy (non-hydrogen) atoms. The van der Waals surface area contributed by atoms with E-state index in [0.29, 0.717) is 0 Å². The number of ether oxygens (including phenoxy) is 1. The Kier molecular flexibility index (Phi) is 6.42. The van der Waals surface area contributed by atoms with Crippen molar-refractivity contribution in [2.24, 2.45) is 0 Å². The third kappa shape index (κ3) is 4.42. The van der Waals surface area contributed by atoms with Crippen LogP contribution < -0.4 is 42.8 Å².